The second-order valence-electron chi connectivity index (χ2n) is 5.58. The molecule has 3 rings (SSSR count). The maximum absolute atomic E-state index is 12.6. The molecule has 0 spiro atoms. The monoisotopic (exact) mass is 288 g/mol. The number of likely N-dealkylation sites (tertiary alicyclic amines) is 1. The number of nitrogens with zero attached hydrogens (tertiary/aromatic N) is 1. The first-order valence-electron chi connectivity index (χ1n) is 7.17. The fraction of sp³-hybridized carbons (Fsp3) is 0.438. The van der Waals surface area contributed by atoms with E-state index in [9.17, 15) is 4.79 Å². The van der Waals surface area contributed by atoms with Gasteiger partial charge in [-0.25, -0.2) is 0 Å². The van der Waals surface area contributed by atoms with E-state index in [1.807, 2.05) is 25.1 Å². The predicted octanol–water partition coefficient (Wildman–Crippen LogP) is 1.93. The molecule has 1 aromatic heterocycles. The van der Waals surface area contributed by atoms with Crippen LogP contribution in [-0.4, -0.2) is 43.2 Å². The van der Waals surface area contributed by atoms with Crippen LogP contribution >= 0.6 is 0 Å². The zero-order valence-electron chi connectivity index (χ0n) is 12.3. The molecule has 21 heavy (non-hydrogen) atoms. The minimum Gasteiger partial charge on any atom is -0.451 e. The van der Waals surface area contributed by atoms with E-state index in [0.717, 1.165) is 23.0 Å². The van der Waals surface area contributed by atoms with Gasteiger partial charge in [-0.15, -0.1) is 0 Å². The number of carbonyl (C=O) groups excluding carboxylic acids is 1. The van der Waals surface area contributed by atoms with Gasteiger partial charge in [0.05, 0.1) is 6.10 Å². The number of hydrogen-bond acceptors (Lipinski definition) is 4. The quantitative estimate of drug-likeness (QED) is 0.916. The van der Waals surface area contributed by atoms with Crippen LogP contribution in [0.1, 0.15) is 22.5 Å². The summed E-state index contributed by atoms with van der Waals surface area (Å²) in [7, 11) is 1.63. The van der Waals surface area contributed by atoms with Crippen LogP contribution in [-0.2, 0) is 4.74 Å². The molecule has 1 fully saturated rings. The standard InChI is InChI=1S/C16H20N2O3/c1-10-4-3-5-11-8-13(21-15(10)11)16(19)18-7-6-12(17)14(9-18)20-2/h3-5,8,12,14H,6-7,9,17H2,1-2H3/t12-,14+/m1/s1. The molecule has 1 saturated heterocycles. The maximum atomic E-state index is 12.6. The van der Waals surface area contributed by atoms with Crippen LogP contribution in [0.2, 0.25) is 0 Å². The molecule has 0 saturated carbocycles. The number of amides is 1. The Balaban J connectivity index is 1.85. The van der Waals surface area contributed by atoms with E-state index < -0.39 is 0 Å². The zero-order chi connectivity index (χ0) is 15.0. The summed E-state index contributed by atoms with van der Waals surface area (Å²) in [5.74, 6) is 0.282. The van der Waals surface area contributed by atoms with Gasteiger partial charge in [0.25, 0.3) is 5.91 Å². The van der Waals surface area contributed by atoms with Crippen molar-refractivity contribution in [3.8, 4) is 0 Å². The zero-order valence-corrected chi connectivity index (χ0v) is 12.3. The lowest BCUT2D eigenvalue weighted by Gasteiger charge is -2.35. The van der Waals surface area contributed by atoms with Crippen molar-refractivity contribution in [3.05, 3.63) is 35.6 Å². The molecule has 1 aromatic carbocycles. The largest absolute Gasteiger partial charge is 0.451 e. The molecule has 1 aliphatic heterocycles. The molecule has 5 heteroatoms. The van der Waals surface area contributed by atoms with Crippen LogP contribution in [0.25, 0.3) is 11.0 Å². The molecule has 1 aliphatic rings. The third kappa shape index (κ3) is 2.54. The number of piperidine rings is 1. The first kappa shape index (κ1) is 14.1. The summed E-state index contributed by atoms with van der Waals surface area (Å²) < 4.78 is 11.1. The first-order valence-corrected chi connectivity index (χ1v) is 7.17. The molecule has 2 atom stereocenters. The third-order valence-electron chi connectivity index (χ3n) is 4.15. The lowest BCUT2D eigenvalue weighted by molar-refractivity contribution is 0.0149. The van der Waals surface area contributed by atoms with Crippen LogP contribution in [0.15, 0.2) is 28.7 Å². The van der Waals surface area contributed by atoms with Gasteiger partial charge < -0.3 is 19.8 Å². The van der Waals surface area contributed by atoms with Crippen molar-refractivity contribution in [2.45, 2.75) is 25.5 Å². The van der Waals surface area contributed by atoms with Crippen molar-refractivity contribution >= 4 is 16.9 Å². The molecule has 1 amide bonds. The van der Waals surface area contributed by atoms with Gasteiger partial charge in [-0.1, -0.05) is 18.2 Å². The number of hydrogen-bond donors (Lipinski definition) is 1. The fourth-order valence-electron chi connectivity index (χ4n) is 2.84. The SMILES string of the molecule is CO[C@H]1CN(C(=O)c2cc3cccc(C)c3o2)CC[C@H]1N. The van der Waals surface area contributed by atoms with Crippen LogP contribution in [0.4, 0.5) is 0 Å². The van der Waals surface area contributed by atoms with E-state index in [1.165, 1.54) is 0 Å². The van der Waals surface area contributed by atoms with E-state index in [-0.39, 0.29) is 18.1 Å². The number of nitrogens with two attached hydrogens (primary N) is 1. The van der Waals surface area contributed by atoms with E-state index in [2.05, 4.69) is 0 Å². The van der Waals surface area contributed by atoms with E-state index in [0.29, 0.717) is 18.8 Å². The number of furan rings is 1. The summed E-state index contributed by atoms with van der Waals surface area (Å²) in [6.07, 6.45) is 0.623. The highest BCUT2D eigenvalue weighted by atomic mass is 16.5. The van der Waals surface area contributed by atoms with Crippen molar-refractivity contribution in [2.24, 2.45) is 5.73 Å². The van der Waals surface area contributed by atoms with Crippen molar-refractivity contribution in [2.75, 3.05) is 20.2 Å². The molecule has 0 bridgehead atoms. The molecule has 112 valence electrons. The topological polar surface area (TPSA) is 68.7 Å². The second kappa shape index (κ2) is 5.50. The molecule has 0 radical (unpaired) electrons. The van der Waals surface area contributed by atoms with Crippen molar-refractivity contribution in [3.63, 3.8) is 0 Å². The van der Waals surface area contributed by atoms with Gasteiger partial charge in [-0.2, -0.15) is 0 Å². The Kier molecular flexibility index (Phi) is 3.69. The number of ether oxygens (including phenoxy) is 1. The summed E-state index contributed by atoms with van der Waals surface area (Å²) in [6, 6.07) is 7.67. The number of carbonyl (C=O) groups is 1. The van der Waals surface area contributed by atoms with Gasteiger partial charge >= 0.3 is 0 Å². The van der Waals surface area contributed by atoms with Gasteiger partial charge in [-0.05, 0) is 25.0 Å². The molecule has 5 nitrogen and oxygen atoms in total. The minimum atomic E-state index is -0.117. The summed E-state index contributed by atoms with van der Waals surface area (Å²) in [4.78, 5) is 14.3. The Bertz CT molecular complexity index is 665. The van der Waals surface area contributed by atoms with Gasteiger partial charge in [-0.3, -0.25) is 4.79 Å². The Morgan fingerprint density at radius 3 is 3.00 bits per heavy atom. The Morgan fingerprint density at radius 1 is 1.48 bits per heavy atom. The number of para-hydroxylation sites is 1. The first-order chi connectivity index (χ1) is 10.1. The lowest BCUT2D eigenvalue weighted by atomic mass is 10.0. The average molecular weight is 288 g/mol. The highest BCUT2D eigenvalue weighted by Crippen LogP contribution is 2.24. The van der Waals surface area contributed by atoms with Gasteiger partial charge in [0.2, 0.25) is 0 Å². The smallest absolute Gasteiger partial charge is 0.289 e. The molecule has 0 unspecified atom stereocenters. The van der Waals surface area contributed by atoms with Crippen LogP contribution in [0.3, 0.4) is 0 Å². The van der Waals surface area contributed by atoms with E-state index in [1.54, 1.807) is 18.1 Å². The molecular formula is C16H20N2O3. The van der Waals surface area contributed by atoms with Gasteiger partial charge in [0.1, 0.15) is 5.58 Å². The third-order valence-corrected chi connectivity index (χ3v) is 4.15. The molecule has 0 aliphatic carbocycles. The Labute approximate surface area is 123 Å². The summed E-state index contributed by atoms with van der Waals surface area (Å²) in [6.45, 7) is 3.11. The van der Waals surface area contributed by atoms with Gasteiger partial charge in [0, 0.05) is 31.6 Å². The molecule has 2 N–H and O–H groups in total. The Morgan fingerprint density at radius 2 is 2.29 bits per heavy atom. The number of aryl methyl sites for hydroxylation is 1. The van der Waals surface area contributed by atoms with Crippen molar-refractivity contribution < 1.29 is 13.9 Å². The molecular weight excluding hydrogens is 268 g/mol. The van der Waals surface area contributed by atoms with Crippen molar-refractivity contribution in [1.82, 2.24) is 4.90 Å². The maximum Gasteiger partial charge on any atom is 0.289 e. The van der Waals surface area contributed by atoms with Crippen molar-refractivity contribution in [1.29, 1.82) is 0 Å². The molecule has 2 heterocycles. The summed E-state index contributed by atoms with van der Waals surface area (Å²) >= 11 is 0. The number of rotatable bonds is 2. The summed E-state index contributed by atoms with van der Waals surface area (Å²) in [5.41, 5.74) is 7.79. The second-order valence-corrected chi connectivity index (χ2v) is 5.58. The molecule has 2 aromatic rings. The minimum absolute atomic E-state index is 0.0167. The normalized spacial score (nSPS) is 22.7. The van der Waals surface area contributed by atoms with Crippen LogP contribution < -0.4 is 5.73 Å². The van der Waals surface area contributed by atoms with E-state index in [4.69, 9.17) is 14.9 Å². The fourth-order valence-corrected chi connectivity index (χ4v) is 2.84. The van der Waals surface area contributed by atoms with E-state index >= 15 is 0 Å². The highest BCUT2D eigenvalue weighted by molar-refractivity contribution is 5.96. The van der Waals surface area contributed by atoms with Crippen LogP contribution in [0, 0.1) is 6.92 Å². The van der Waals surface area contributed by atoms with Gasteiger partial charge in [0.15, 0.2) is 5.76 Å². The number of fused-ring (bicyclic) bond motifs is 1. The van der Waals surface area contributed by atoms with Crippen LogP contribution in [0.5, 0.6) is 0 Å². The highest BCUT2D eigenvalue weighted by Gasteiger charge is 2.31. The average Bonchev–Trinajstić information content (AvgIpc) is 2.92. The number of benzene rings is 1. The predicted molar refractivity (Wildman–Crippen MR) is 80.2 cm³/mol. The number of methoxy groups -OCH3 is 1. The summed E-state index contributed by atoms with van der Waals surface area (Å²) in [5, 5.41) is 0.954. The lowest BCUT2D eigenvalue weighted by Crippen LogP contribution is -2.53. The Hall–Kier alpha value is -1.85.